The number of hydrogen-bond donors (Lipinski definition) is 1. The Morgan fingerprint density at radius 2 is 1.70 bits per heavy atom. The Morgan fingerprint density at radius 1 is 1.00 bits per heavy atom. The number of aromatic nitrogens is 1. The van der Waals surface area contributed by atoms with Crippen molar-refractivity contribution in [2.24, 2.45) is 11.8 Å². The normalized spacial score (nSPS) is 19.6. The second-order valence-corrected chi connectivity index (χ2v) is 9.62. The molecule has 1 aliphatic carbocycles. The molecule has 1 aliphatic heterocycles. The standard InChI is InChI=1S/C28H27N3O2/c1-17-12-18(2)16-31(15-17)23-13-22(29-14-19-8-4-3-5-9-19)24-25-26(23)30-33-28(25)21-11-7-6-10-20(21)27(24)32/h3-11,13,17-18,29H,12,14-16H2,1-2H3/t17-,18+. The average Bonchev–Trinajstić information content (AvgIpc) is 3.26. The van der Waals surface area contributed by atoms with Crippen molar-refractivity contribution in [1.82, 2.24) is 5.16 Å². The third kappa shape index (κ3) is 3.30. The van der Waals surface area contributed by atoms with Gasteiger partial charge in [0.1, 0.15) is 5.52 Å². The number of benzene rings is 3. The summed E-state index contributed by atoms with van der Waals surface area (Å²) in [5.74, 6) is 1.92. The molecule has 0 radical (unpaired) electrons. The van der Waals surface area contributed by atoms with Crippen molar-refractivity contribution in [3.63, 3.8) is 0 Å². The highest BCUT2D eigenvalue weighted by Gasteiger charge is 2.34. The van der Waals surface area contributed by atoms with E-state index in [4.69, 9.17) is 4.52 Å². The average molecular weight is 438 g/mol. The first kappa shape index (κ1) is 20.0. The number of fused-ring (bicyclic) bond motifs is 2. The third-order valence-corrected chi connectivity index (χ3v) is 6.91. The predicted octanol–water partition coefficient (Wildman–Crippen LogP) is 6.13. The summed E-state index contributed by atoms with van der Waals surface area (Å²) >= 11 is 0. The van der Waals surface area contributed by atoms with Crippen molar-refractivity contribution in [2.45, 2.75) is 26.8 Å². The lowest BCUT2D eigenvalue weighted by atomic mass is 9.85. The molecule has 5 nitrogen and oxygen atoms in total. The number of carbonyl (C=O) groups is 1. The molecule has 0 saturated carbocycles. The Morgan fingerprint density at radius 3 is 2.45 bits per heavy atom. The van der Waals surface area contributed by atoms with Gasteiger partial charge in [0.05, 0.1) is 16.6 Å². The topological polar surface area (TPSA) is 58.4 Å². The van der Waals surface area contributed by atoms with Gasteiger partial charge in [-0.25, -0.2) is 0 Å². The van der Waals surface area contributed by atoms with Crippen molar-refractivity contribution in [3.8, 4) is 11.3 Å². The molecule has 0 unspecified atom stereocenters. The fourth-order valence-corrected chi connectivity index (χ4v) is 5.58. The fraction of sp³-hybridized carbons (Fsp3) is 0.286. The molecule has 0 bridgehead atoms. The zero-order valence-electron chi connectivity index (χ0n) is 19.0. The van der Waals surface area contributed by atoms with E-state index in [9.17, 15) is 4.79 Å². The SMILES string of the molecule is C[C@@H]1C[C@H](C)CN(c2cc(NCc3ccccc3)c3c4c(onc24)-c2ccccc2C3=O)C1. The van der Waals surface area contributed by atoms with Crippen LogP contribution in [0, 0.1) is 11.8 Å². The molecular formula is C28H27N3O2. The summed E-state index contributed by atoms with van der Waals surface area (Å²) in [4.78, 5) is 16.1. The Kier molecular flexibility index (Phi) is 4.72. The molecule has 1 fully saturated rings. The van der Waals surface area contributed by atoms with Crippen LogP contribution in [0.5, 0.6) is 0 Å². The van der Waals surface area contributed by atoms with E-state index < -0.39 is 0 Å². The Balaban J connectivity index is 1.54. The molecule has 6 rings (SSSR count). The van der Waals surface area contributed by atoms with Gasteiger partial charge in [-0.2, -0.15) is 0 Å². The molecule has 2 atom stereocenters. The minimum atomic E-state index is 0.0220. The van der Waals surface area contributed by atoms with Gasteiger partial charge in [-0.3, -0.25) is 4.79 Å². The number of ketones is 1. The van der Waals surface area contributed by atoms with Gasteiger partial charge in [-0.05, 0) is 29.9 Å². The molecule has 2 aliphatic rings. The highest BCUT2D eigenvalue weighted by Crippen LogP contribution is 2.46. The third-order valence-electron chi connectivity index (χ3n) is 6.91. The fourth-order valence-electron chi connectivity index (χ4n) is 5.58. The van der Waals surface area contributed by atoms with Gasteiger partial charge in [0.25, 0.3) is 0 Å². The summed E-state index contributed by atoms with van der Waals surface area (Å²) in [5, 5.41) is 8.91. The largest absolute Gasteiger partial charge is 0.380 e. The molecule has 2 heterocycles. The van der Waals surface area contributed by atoms with Gasteiger partial charge in [0.2, 0.25) is 0 Å². The van der Waals surface area contributed by atoms with Crippen molar-refractivity contribution in [2.75, 3.05) is 23.3 Å². The van der Waals surface area contributed by atoms with Crippen LogP contribution in [-0.4, -0.2) is 24.0 Å². The van der Waals surface area contributed by atoms with Crippen LogP contribution in [0.2, 0.25) is 0 Å². The van der Waals surface area contributed by atoms with Gasteiger partial charge in [-0.15, -0.1) is 0 Å². The van der Waals surface area contributed by atoms with Crippen molar-refractivity contribution in [1.29, 1.82) is 0 Å². The maximum Gasteiger partial charge on any atom is 0.196 e. The summed E-state index contributed by atoms with van der Waals surface area (Å²) in [6, 6.07) is 20.0. The molecule has 3 aromatic carbocycles. The Bertz CT molecular complexity index is 1350. The number of piperidine rings is 1. The first-order valence-electron chi connectivity index (χ1n) is 11.7. The predicted molar refractivity (Wildman–Crippen MR) is 132 cm³/mol. The zero-order valence-corrected chi connectivity index (χ0v) is 19.0. The molecule has 1 N–H and O–H groups in total. The minimum Gasteiger partial charge on any atom is -0.380 e. The summed E-state index contributed by atoms with van der Waals surface area (Å²) in [6.45, 7) is 7.20. The summed E-state index contributed by atoms with van der Waals surface area (Å²) in [5.41, 5.74) is 6.00. The molecule has 0 amide bonds. The van der Waals surface area contributed by atoms with Gasteiger partial charge in [0, 0.05) is 36.4 Å². The lowest BCUT2D eigenvalue weighted by Crippen LogP contribution is -2.39. The highest BCUT2D eigenvalue weighted by molar-refractivity contribution is 6.28. The monoisotopic (exact) mass is 437 g/mol. The van der Waals surface area contributed by atoms with Crippen LogP contribution < -0.4 is 10.2 Å². The van der Waals surface area contributed by atoms with Gasteiger partial charge < -0.3 is 14.7 Å². The van der Waals surface area contributed by atoms with E-state index in [1.165, 1.54) is 12.0 Å². The number of anilines is 2. The summed E-state index contributed by atoms with van der Waals surface area (Å²) in [7, 11) is 0. The maximum atomic E-state index is 13.7. The molecule has 33 heavy (non-hydrogen) atoms. The second kappa shape index (κ2) is 7.77. The van der Waals surface area contributed by atoms with Crippen LogP contribution in [0.4, 0.5) is 11.4 Å². The van der Waals surface area contributed by atoms with Crippen LogP contribution in [-0.2, 0) is 6.54 Å². The Labute approximate surface area is 193 Å². The number of nitrogens with zero attached hydrogens (tertiary/aromatic N) is 2. The zero-order chi connectivity index (χ0) is 22.5. The van der Waals surface area contributed by atoms with Gasteiger partial charge in [-0.1, -0.05) is 73.6 Å². The van der Waals surface area contributed by atoms with Crippen molar-refractivity contribution >= 4 is 28.1 Å². The maximum absolute atomic E-state index is 13.7. The van der Waals surface area contributed by atoms with E-state index in [0.717, 1.165) is 40.9 Å². The van der Waals surface area contributed by atoms with Crippen LogP contribution in [0.15, 0.2) is 65.2 Å². The summed E-state index contributed by atoms with van der Waals surface area (Å²) < 4.78 is 5.92. The van der Waals surface area contributed by atoms with E-state index in [1.54, 1.807) is 0 Å². The quantitative estimate of drug-likeness (QED) is 0.366. The van der Waals surface area contributed by atoms with Crippen LogP contribution in [0.25, 0.3) is 22.2 Å². The first-order chi connectivity index (χ1) is 16.1. The number of nitrogens with one attached hydrogen (secondary N) is 1. The molecule has 1 saturated heterocycles. The van der Waals surface area contributed by atoms with Gasteiger partial charge in [0.15, 0.2) is 11.5 Å². The number of hydrogen-bond acceptors (Lipinski definition) is 5. The van der Waals surface area contributed by atoms with Crippen molar-refractivity contribution < 1.29 is 9.32 Å². The Hall–Kier alpha value is -3.60. The van der Waals surface area contributed by atoms with E-state index in [0.29, 0.717) is 35.3 Å². The lowest BCUT2D eigenvalue weighted by Gasteiger charge is -2.37. The van der Waals surface area contributed by atoms with E-state index >= 15 is 0 Å². The van der Waals surface area contributed by atoms with E-state index in [-0.39, 0.29) is 5.78 Å². The second-order valence-electron chi connectivity index (χ2n) is 9.62. The first-order valence-corrected chi connectivity index (χ1v) is 11.7. The molecule has 1 aromatic heterocycles. The molecule has 5 heteroatoms. The van der Waals surface area contributed by atoms with E-state index in [2.05, 4.69) is 47.4 Å². The van der Waals surface area contributed by atoms with Crippen LogP contribution in [0.3, 0.4) is 0 Å². The molecular weight excluding hydrogens is 410 g/mol. The van der Waals surface area contributed by atoms with Crippen LogP contribution >= 0.6 is 0 Å². The smallest absolute Gasteiger partial charge is 0.196 e. The van der Waals surface area contributed by atoms with E-state index in [1.807, 2.05) is 42.5 Å². The minimum absolute atomic E-state index is 0.0220. The molecule has 166 valence electrons. The van der Waals surface area contributed by atoms with Crippen LogP contribution in [0.1, 0.15) is 41.8 Å². The molecule has 0 spiro atoms. The van der Waals surface area contributed by atoms with Gasteiger partial charge >= 0.3 is 0 Å². The van der Waals surface area contributed by atoms with Crippen molar-refractivity contribution in [3.05, 3.63) is 77.4 Å². The number of rotatable bonds is 4. The highest BCUT2D eigenvalue weighted by atomic mass is 16.5. The lowest BCUT2D eigenvalue weighted by molar-refractivity contribution is 0.104. The number of carbonyl (C=O) groups excluding carboxylic acids is 1. The summed E-state index contributed by atoms with van der Waals surface area (Å²) in [6.07, 6.45) is 1.23. The molecule has 4 aromatic rings.